The van der Waals surface area contributed by atoms with Crippen molar-refractivity contribution < 1.29 is 0 Å². The molecule has 1 atom stereocenters. The Bertz CT molecular complexity index is 993. The molecule has 0 saturated carbocycles. The zero-order valence-electron chi connectivity index (χ0n) is 15.3. The average Bonchev–Trinajstić information content (AvgIpc) is 3.12. The van der Waals surface area contributed by atoms with Crippen LogP contribution in [0.1, 0.15) is 33.7 Å². The Labute approximate surface area is 161 Å². The first-order valence-electron chi connectivity index (χ1n) is 9.65. The summed E-state index contributed by atoms with van der Waals surface area (Å²) in [4.78, 5) is 0. The van der Waals surface area contributed by atoms with Gasteiger partial charge in [-0.1, -0.05) is 115 Å². The molecule has 0 spiro atoms. The maximum absolute atomic E-state index is 2.33. The van der Waals surface area contributed by atoms with Crippen LogP contribution in [0, 0.1) is 0 Å². The van der Waals surface area contributed by atoms with Crippen molar-refractivity contribution in [3.05, 3.63) is 143 Å². The third-order valence-corrected chi connectivity index (χ3v) is 6.05. The number of rotatable bonds is 3. The molecule has 0 amide bonds. The van der Waals surface area contributed by atoms with Crippen LogP contribution in [-0.2, 0) is 11.8 Å². The van der Waals surface area contributed by atoms with Crippen molar-refractivity contribution in [1.29, 1.82) is 0 Å². The van der Waals surface area contributed by atoms with Gasteiger partial charge in [0.1, 0.15) is 0 Å². The Hall–Kier alpha value is -3.12. The van der Waals surface area contributed by atoms with Gasteiger partial charge < -0.3 is 0 Å². The molecule has 1 aliphatic carbocycles. The molecule has 0 N–H and O–H groups in total. The lowest BCUT2D eigenvalue weighted by Crippen LogP contribution is -2.33. The third-order valence-electron chi connectivity index (χ3n) is 6.05. The van der Waals surface area contributed by atoms with E-state index >= 15 is 0 Å². The third kappa shape index (κ3) is 2.44. The fourth-order valence-corrected chi connectivity index (χ4v) is 4.98. The van der Waals surface area contributed by atoms with Crippen LogP contribution in [0.25, 0.3) is 0 Å². The lowest BCUT2D eigenvalue weighted by atomic mass is 9.63. The molecule has 1 aliphatic rings. The van der Waals surface area contributed by atoms with Gasteiger partial charge in [0.05, 0.1) is 5.41 Å². The van der Waals surface area contributed by atoms with Crippen LogP contribution in [0.2, 0.25) is 0 Å². The van der Waals surface area contributed by atoms with Crippen LogP contribution in [-0.4, -0.2) is 0 Å². The van der Waals surface area contributed by atoms with E-state index in [1.54, 1.807) is 0 Å². The van der Waals surface area contributed by atoms with Gasteiger partial charge in [0, 0.05) is 5.92 Å². The zero-order chi connectivity index (χ0) is 18.1. The van der Waals surface area contributed by atoms with Gasteiger partial charge in [-0.25, -0.2) is 0 Å². The molecule has 4 aromatic carbocycles. The molecule has 5 rings (SSSR count). The summed E-state index contributed by atoms with van der Waals surface area (Å²) in [7, 11) is 0. The van der Waals surface area contributed by atoms with E-state index in [9.17, 15) is 0 Å². The number of hydrogen-bond donors (Lipinski definition) is 0. The first-order valence-corrected chi connectivity index (χ1v) is 9.65. The van der Waals surface area contributed by atoms with E-state index in [0.29, 0.717) is 5.92 Å². The largest absolute Gasteiger partial charge is 0.0622 e. The molecule has 27 heavy (non-hydrogen) atoms. The second-order valence-corrected chi connectivity index (χ2v) is 7.36. The lowest BCUT2D eigenvalue weighted by Gasteiger charge is -2.38. The molecule has 0 heterocycles. The first-order chi connectivity index (χ1) is 13.4. The Morgan fingerprint density at radius 2 is 1.00 bits per heavy atom. The van der Waals surface area contributed by atoms with Gasteiger partial charge >= 0.3 is 0 Å². The van der Waals surface area contributed by atoms with Gasteiger partial charge in [-0.15, -0.1) is 0 Å². The van der Waals surface area contributed by atoms with Gasteiger partial charge in [0.15, 0.2) is 0 Å². The fraction of sp³-hybridized carbons (Fsp3) is 0.111. The quantitative estimate of drug-likeness (QED) is 0.405. The van der Waals surface area contributed by atoms with Gasteiger partial charge in [-0.3, -0.25) is 0 Å². The van der Waals surface area contributed by atoms with Crippen molar-refractivity contribution in [3.63, 3.8) is 0 Å². The second-order valence-electron chi connectivity index (χ2n) is 7.36. The summed E-state index contributed by atoms with van der Waals surface area (Å²) in [5.74, 6) is 0.376. The van der Waals surface area contributed by atoms with Crippen LogP contribution >= 0.6 is 0 Å². The number of hydrogen-bond acceptors (Lipinski definition) is 0. The molecule has 4 aromatic rings. The van der Waals surface area contributed by atoms with E-state index < -0.39 is 0 Å². The van der Waals surface area contributed by atoms with Crippen LogP contribution in [0.4, 0.5) is 0 Å². The fourth-order valence-electron chi connectivity index (χ4n) is 4.98. The van der Waals surface area contributed by atoms with E-state index in [1.165, 1.54) is 27.8 Å². The highest BCUT2D eigenvalue weighted by molar-refractivity contribution is 5.61. The highest BCUT2D eigenvalue weighted by atomic mass is 14.5. The summed E-state index contributed by atoms with van der Waals surface area (Å²) in [5, 5.41) is 0. The van der Waals surface area contributed by atoms with Crippen molar-refractivity contribution in [3.8, 4) is 0 Å². The number of benzene rings is 4. The summed E-state index contributed by atoms with van der Waals surface area (Å²) in [5.41, 5.74) is 6.88. The maximum atomic E-state index is 2.33. The molecular weight excluding hydrogens is 324 g/mol. The normalized spacial score (nSPS) is 17.4. The van der Waals surface area contributed by atoms with E-state index in [-0.39, 0.29) is 5.41 Å². The highest BCUT2D eigenvalue weighted by Gasteiger charge is 2.49. The number of fused-ring (bicyclic) bond motifs is 1. The molecule has 0 aromatic heterocycles. The summed E-state index contributed by atoms with van der Waals surface area (Å²) >= 11 is 0. The average molecular weight is 346 g/mol. The van der Waals surface area contributed by atoms with Gasteiger partial charge in [-0.05, 0) is 34.2 Å². The van der Waals surface area contributed by atoms with E-state index in [0.717, 1.165) is 6.42 Å². The topological polar surface area (TPSA) is 0 Å². The Morgan fingerprint density at radius 1 is 0.519 bits per heavy atom. The second kappa shape index (κ2) is 6.55. The van der Waals surface area contributed by atoms with E-state index in [4.69, 9.17) is 0 Å². The van der Waals surface area contributed by atoms with Crippen LogP contribution in [0.5, 0.6) is 0 Å². The summed E-state index contributed by atoms with van der Waals surface area (Å²) in [6.07, 6.45) is 1.06. The molecule has 0 radical (unpaired) electrons. The maximum Gasteiger partial charge on any atom is 0.0525 e. The minimum Gasteiger partial charge on any atom is -0.0622 e. The van der Waals surface area contributed by atoms with Gasteiger partial charge in [-0.2, -0.15) is 0 Å². The molecule has 130 valence electrons. The molecular formula is C27H22. The van der Waals surface area contributed by atoms with Crippen molar-refractivity contribution in [2.75, 3.05) is 0 Å². The molecule has 0 aliphatic heterocycles. The van der Waals surface area contributed by atoms with Crippen LogP contribution in [0.3, 0.4) is 0 Å². The molecule has 0 bridgehead atoms. The summed E-state index contributed by atoms with van der Waals surface area (Å²) < 4.78 is 0. The van der Waals surface area contributed by atoms with Crippen molar-refractivity contribution in [1.82, 2.24) is 0 Å². The van der Waals surface area contributed by atoms with Gasteiger partial charge in [0.2, 0.25) is 0 Å². The summed E-state index contributed by atoms with van der Waals surface area (Å²) in [6, 6.07) is 42.1. The minimum absolute atomic E-state index is 0.166. The Morgan fingerprint density at radius 3 is 1.59 bits per heavy atom. The molecule has 0 saturated heterocycles. The van der Waals surface area contributed by atoms with Crippen LogP contribution < -0.4 is 0 Å². The van der Waals surface area contributed by atoms with Crippen molar-refractivity contribution >= 4 is 0 Å². The first kappa shape index (κ1) is 16.1. The lowest BCUT2D eigenvalue weighted by molar-refractivity contribution is 0.520. The van der Waals surface area contributed by atoms with E-state index in [2.05, 4.69) is 115 Å². The molecule has 0 heteroatoms. The Balaban J connectivity index is 1.88. The minimum atomic E-state index is -0.166. The predicted molar refractivity (Wildman–Crippen MR) is 112 cm³/mol. The smallest absolute Gasteiger partial charge is 0.0525 e. The summed E-state index contributed by atoms with van der Waals surface area (Å²) in [6.45, 7) is 0. The van der Waals surface area contributed by atoms with Crippen LogP contribution in [0.15, 0.2) is 115 Å². The molecule has 0 fully saturated rings. The monoisotopic (exact) mass is 346 g/mol. The SMILES string of the molecule is c1ccc(C2Cc3ccccc3C2(c2ccccc2)c2ccccc2)cc1. The standard InChI is InChI=1S/C27H22/c1-4-12-21(13-5-1)26-20-22-14-10-11-19-25(22)27(26,23-15-6-2-7-16-23)24-17-8-3-9-18-24/h1-19,26H,20H2. The van der Waals surface area contributed by atoms with Crippen molar-refractivity contribution in [2.24, 2.45) is 0 Å². The van der Waals surface area contributed by atoms with E-state index in [1.807, 2.05) is 0 Å². The zero-order valence-corrected chi connectivity index (χ0v) is 15.3. The molecule has 0 nitrogen and oxygen atoms in total. The highest BCUT2D eigenvalue weighted by Crippen LogP contribution is 2.56. The molecule has 1 unspecified atom stereocenters. The predicted octanol–water partition coefficient (Wildman–Crippen LogP) is 6.36. The Kier molecular flexibility index (Phi) is 3.90. The van der Waals surface area contributed by atoms with Crippen molar-refractivity contribution in [2.45, 2.75) is 17.8 Å². The van der Waals surface area contributed by atoms with Gasteiger partial charge in [0.25, 0.3) is 0 Å².